The molecular weight excluding hydrogens is 942 g/mol. The van der Waals surface area contributed by atoms with Crippen molar-refractivity contribution in [2.45, 2.75) is 0 Å². The third-order valence-electron chi connectivity index (χ3n) is 20.4. The summed E-state index contributed by atoms with van der Waals surface area (Å²) in [5.74, 6) is 0.690. The molecule has 360 valence electrons. The maximum atomic E-state index is 7.72. The number of anilines is 3. The van der Waals surface area contributed by atoms with Gasteiger partial charge in [-0.1, -0.05) is 154 Å². The Labute approximate surface area is 497 Å². The van der Waals surface area contributed by atoms with E-state index in [1.807, 2.05) is 0 Å². The number of nitrogens with zero attached hydrogens (tertiary/aromatic N) is 3. The Balaban J connectivity index is 1.45. The quantitative estimate of drug-likeness (QED) is 0.142. The molecule has 10 rings (SSSR count). The first-order valence-electron chi connectivity index (χ1n) is 28.9. The minimum Gasteiger partial charge on any atom is -0.455 e. The molecule has 8 aromatic carbocycles. The highest BCUT2D eigenvalue weighted by molar-refractivity contribution is 6.74. The smallest absolute Gasteiger partial charge is 0.159 e. The van der Waals surface area contributed by atoms with E-state index in [1.165, 1.54) is 154 Å². The van der Waals surface area contributed by atoms with Gasteiger partial charge in [-0.3, -0.25) is 0 Å². The van der Waals surface area contributed by atoms with Crippen molar-refractivity contribution in [1.29, 1.82) is 0 Å². The fourth-order valence-corrected chi connectivity index (χ4v) is 14.0. The molecule has 0 aliphatic carbocycles. The van der Waals surface area contributed by atoms with Crippen molar-refractivity contribution in [1.82, 2.24) is 9.97 Å². The molecule has 0 fully saturated rings. The predicted octanol–water partition coefficient (Wildman–Crippen LogP) is -27.6. The van der Waals surface area contributed by atoms with Gasteiger partial charge in [0.1, 0.15) is 194 Å². The minimum atomic E-state index is 0.690. The molecule has 28 heteroatoms. The van der Waals surface area contributed by atoms with Crippen LogP contribution in [0.25, 0.3) is 78.1 Å². The fourth-order valence-electron chi connectivity index (χ4n) is 14.0. The summed E-state index contributed by atoms with van der Waals surface area (Å²) < 4.78 is 7.72. The van der Waals surface area contributed by atoms with Gasteiger partial charge in [0.05, 0.1) is 17.1 Å². The van der Waals surface area contributed by atoms with Crippen LogP contribution in [0.4, 0.5) is 17.1 Å². The van der Waals surface area contributed by atoms with Crippen molar-refractivity contribution in [3.8, 4) is 56.2 Å². The number of rotatable bonds is 8. The maximum absolute atomic E-state index is 7.72. The Hall–Kier alpha value is -6.00. The van der Waals surface area contributed by atoms with E-state index in [2.05, 4.69) is 260 Å². The third kappa shape index (κ3) is 8.55. The molecule has 0 N–H and O–H groups in total. The summed E-state index contributed by atoms with van der Waals surface area (Å²) in [6, 6.07) is 23.3. The normalized spacial score (nSPS) is 11.4. The summed E-state index contributed by atoms with van der Waals surface area (Å²) in [4.78, 5) is 13.9. The molecule has 0 spiro atoms. The highest BCUT2D eigenvalue weighted by Gasteiger charge is 2.34. The molecular formula is C52H59B24N3O. The van der Waals surface area contributed by atoms with Crippen LogP contribution in [0, 0.1) is 0 Å². The molecule has 0 aliphatic rings. The average molecular weight is 1000 g/mol. The molecule has 2 aromatic heterocycles. The van der Waals surface area contributed by atoms with Gasteiger partial charge in [0.2, 0.25) is 0 Å². The zero-order valence-corrected chi connectivity index (χ0v) is 52.6. The van der Waals surface area contributed by atoms with Crippen LogP contribution in [-0.2, 0) is 0 Å². The molecule has 80 heavy (non-hydrogen) atoms. The number of fused-ring (bicyclic) bond motifs is 3. The Kier molecular flexibility index (Phi) is 15.1. The number of benzene rings is 8. The van der Waals surface area contributed by atoms with E-state index in [0.29, 0.717) is 5.82 Å². The van der Waals surface area contributed by atoms with Gasteiger partial charge >= 0.3 is 0 Å². The van der Waals surface area contributed by atoms with Crippen molar-refractivity contribution >= 4 is 358 Å². The molecule has 0 bridgehead atoms. The molecule has 0 aliphatic heterocycles. The SMILES string of the molecule is Bc1c(B)c(B)c(-c2c(B)c(B)c(N(c3c(B)c(B)c(-c4c(B)c(B)c(B)c(B)c4B)c(B)c3B)c3c(B)c(-c4nc(-c5ccccc5)cc(-c5ccccc5)n4)c(B)c4c3oc3c(B)c(B)c(B)c(B)c34)c(B)c2B)c(B)c1B. The monoisotopic (exact) mass is 1010 g/mol. The van der Waals surface area contributed by atoms with Gasteiger partial charge in [-0.2, -0.15) is 0 Å². The van der Waals surface area contributed by atoms with Crippen molar-refractivity contribution in [2.24, 2.45) is 0 Å². The second-order valence-corrected chi connectivity index (χ2v) is 24.0. The van der Waals surface area contributed by atoms with E-state index >= 15 is 0 Å². The summed E-state index contributed by atoms with van der Waals surface area (Å²) >= 11 is 0. The number of aromatic nitrogens is 2. The van der Waals surface area contributed by atoms with Crippen LogP contribution in [0.5, 0.6) is 0 Å². The summed E-state index contributed by atoms with van der Waals surface area (Å²) in [6.45, 7) is 0. The maximum Gasteiger partial charge on any atom is 0.159 e. The van der Waals surface area contributed by atoms with Gasteiger partial charge in [0.15, 0.2) is 11.4 Å². The number of hydrogen-bond acceptors (Lipinski definition) is 4. The van der Waals surface area contributed by atoms with Gasteiger partial charge in [0, 0.05) is 38.8 Å². The molecule has 10 aromatic rings. The van der Waals surface area contributed by atoms with Crippen molar-refractivity contribution in [2.75, 3.05) is 4.90 Å². The second kappa shape index (κ2) is 21.1. The van der Waals surface area contributed by atoms with Crippen molar-refractivity contribution < 1.29 is 4.42 Å². The van der Waals surface area contributed by atoms with Gasteiger partial charge in [-0.25, -0.2) is 9.97 Å². The molecule has 4 nitrogen and oxygen atoms in total. The van der Waals surface area contributed by atoms with Gasteiger partial charge in [-0.05, 0) is 28.3 Å². The first-order chi connectivity index (χ1) is 37.8. The molecule has 0 radical (unpaired) electrons. The standard InChI is InChI=1S/C52H59B24N3O/c53-23-20-21-32(62)38(68)41(71)46(76)50(21)80-51(20)49(33(63)22(23)52-77-14(12-7-3-1-4-8-12)11-15(78-52)13-9-5-2-6-10-13)79(47-42(72)28(58)18(29(59)43(47)73)16-24(54)34(64)39(69)35(65)25(16)55)48-44(74)30(60)19(31(61)45(48)75)17-26(56)36(66)40(70)37(67)27(17)57/h1-11H,53-76H2. The fraction of sp³-hybridized carbons (Fsp3) is 0. The van der Waals surface area contributed by atoms with E-state index < -0.39 is 0 Å². The lowest BCUT2D eigenvalue weighted by Crippen LogP contribution is -2.58. The Morgan fingerprint density at radius 1 is 0.263 bits per heavy atom. The Bertz CT molecular complexity index is 4050. The summed E-state index contributed by atoms with van der Waals surface area (Å²) in [6.07, 6.45) is 0. The largest absolute Gasteiger partial charge is 0.455 e. The van der Waals surface area contributed by atoms with E-state index in [-0.39, 0.29) is 0 Å². The number of furan rings is 1. The van der Waals surface area contributed by atoms with Gasteiger partial charge in [-0.15, -0.1) is 38.2 Å². The first-order valence-corrected chi connectivity index (χ1v) is 28.9. The van der Waals surface area contributed by atoms with Crippen molar-refractivity contribution in [3.05, 3.63) is 66.7 Å². The zero-order chi connectivity index (χ0) is 58.1. The van der Waals surface area contributed by atoms with Gasteiger partial charge < -0.3 is 9.32 Å². The van der Waals surface area contributed by atoms with Crippen molar-refractivity contribution in [3.63, 3.8) is 0 Å². The highest BCUT2D eigenvalue weighted by Crippen LogP contribution is 2.40. The average Bonchev–Trinajstić information content (AvgIpc) is 4.05. The van der Waals surface area contributed by atoms with E-state index in [0.717, 1.165) is 66.6 Å². The molecule has 0 saturated heterocycles. The zero-order valence-electron chi connectivity index (χ0n) is 52.6. The van der Waals surface area contributed by atoms with Crippen LogP contribution >= 0.6 is 0 Å². The topological polar surface area (TPSA) is 42.2 Å². The predicted molar refractivity (Wildman–Crippen MR) is 427 cm³/mol. The van der Waals surface area contributed by atoms with E-state index in [9.17, 15) is 0 Å². The summed E-state index contributed by atoms with van der Waals surface area (Å²) in [5.41, 5.74) is 46.3. The molecule has 2 heterocycles. The number of hydrogen-bond donors (Lipinski definition) is 0. The lowest BCUT2D eigenvalue weighted by Gasteiger charge is -2.38. The minimum absolute atomic E-state index is 0.690. The molecule has 0 unspecified atom stereocenters. The van der Waals surface area contributed by atoms with Crippen LogP contribution in [0.1, 0.15) is 0 Å². The molecule has 0 saturated carbocycles. The second-order valence-electron chi connectivity index (χ2n) is 24.0. The lowest BCUT2D eigenvalue weighted by molar-refractivity contribution is 0.672. The lowest BCUT2D eigenvalue weighted by atomic mass is 9.56. The highest BCUT2D eigenvalue weighted by atomic mass is 16.3. The van der Waals surface area contributed by atoms with Crippen LogP contribution in [0.3, 0.4) is 0 Å². The van der Waals surface area contributed by atoms with Crippen LogP contribution in [0.2, 0.25) is 0 Å². The van der Waals surface area contributed by atoms with Gasteiger partial charge in [0.25, 0.3) is 0 Å². The first kappa shape index (κ1) is 57.2. The van der Waals surface area contributed by atoms with E-state index in [4.69, 9.17) is 14.4 Å². The van der Waals surface area contributed by atoms with Crippen LogP contribution in [0.15, 0.2) is 71.1 Å². The van der Waals surface area contributed by atoms with Crippen LogP contribution < -0.4 is 136 Å². The van der Waals surface area contributed by atoms with Crippen LogP contribution in [-0.4, -0.2) is 198 Å². The summed E-state index contributed by atoms with van der Waals surface area (Å²) in [5, 5.41) is 2.26. The molecule has 0 amide bonds. The van der Waals surface area contributed by atoms with E-state index in [1.54, 1.807) is 0 Å². The Morgan fingerprint density at radius 3 is 0.925 bits per heavy atom. The third-order valence-corrected chi connectivity index (χ3v) is 20.4. The molecule has 0 atom stereocenters. The summed E-state index contributed by atoms with van der Waals surface area (Å²) in [7, 11) is 55.6. The Morgan fingerprint density at radius 2 is 0.562 bits per heavy atom.